The summed E-state index contributed by atoms with van der Waals surface area (Å²) in [6.07, 6.45) is 4.40. The SMILES string of the molecule is OCC[C@@H]1CN(C(=S)Nc2ccccc2)CCN1Cc1ccncc1. The predicted molar refractivity (Wildman–Crippen MR) is 104 cm³/mol. The number of hydrogen-bond acceptors (Lipinski definition) is 4. The molecule has 0 unspecified atom stereocenters. The van der Waals surface area contributed by atoms with Crippen molar-refractivity contribution in [1.29, 1.82) is 0 Å². The van der Waals surface area contributed by atoms with Crippen molar-refractivity contribution in [2.45, 2.75) is 19.0 Å². The van der Waals surface area contributed by atoms with Crippen LogP contribution in [0.5, 0.6) is 0 Å². The van der Waals surface area contributed by atoms with E-state index in [4.69, 9.17) is 12.2 Å². The molecule has 2 N–H and O–H groups in total. The molecule has 1 atom stereocenters. The van der Waals surface area contributed by atoms with Gasteiger partial charge in [-0.3, -0.25) is 9.88 Å². The molecule has 1 aromatic carbocycles. The number of aromatic nitrogens is 1. The molecule has 0 bridgehead atoms. The first-order chi connectivity index (χ1) is 12.3. The number of nitrogens with one attached hydrogen (secondary N) is 1. The number of thiocarbonyl (C=S) groups is 1. The molecule has 3 rings (SSSR count). The van der Waals surface area contributed by atoms with E-state index in [0.717, 1.165) is 43.4 Å². The number of aliphatic hydroxyl groups excluding tert-OH is 1. The van der Waals surface area contributed by atoms with Gasteiger partial charge in [-0.05, 0) is 48.5 Å². The van der Waals surface area contributed by atoms with E-state index in [9.17, 15) is 5.11 Å². The molecule has 1 aliphatic rings. The normalized spacial score (nSPS) is 18.1. The van der Waals surface area contributed by atoms with E-state index in [1.807, 2.05) is 54.9 Å². The lowest BCUT2D eigenvalue weighted by atomic mass is 10.1. The van der Waals surface area contributed by atoms with Crippen LogP contribution in [0.2, 0.25) is 0 Å². The van der Waals surface area contributed by atoms with Crippen LogP contribution < -0.4 is 5.32 Å². The maximum atomic E-state index is 9.46. The minimum atomic E-state index is 0.185. The zero-order valence-electron chi connectivity index (χ0n) is 14.2. The number of pyridine rings is 1. The number of piperazine rings is 1. The lowest BCUT2D eigenvalue weighted by Crippen LogP contribution is -2.55. The number of nitrogens with zero attached hydrogens (tertiary/aromatic N) is 3. The van der Waals surface area contributed by atoms with Crippen molar-refractivity contribution in [2.24, 2.45) is 0 Å². The summed E-state index contributed by atoms with van der Waals surface area (Å²) in [6, 6.07) is 14.4. The molecule has 0 radical (unpaired) electrons. The van der Waals surface area contributed by atoms with Gasteiger partial charge in [-0.25, -0.2) is 0 Å². The Balaban J connectivity index is 1.61. The molecule has 132 valence electrons. The second-order valence-corrected chi connectivity index (χ2v) is 6.62. The smallest absolute Gasteiger partial charge is 0.173 e. The molecule has 2 aromatic rings. The standard InChI is InChI=1S/C19H24N4OS/c24-13-8-18-15-23(19(25)21-17-4-2-1-3-5-17)12-11-22(18)14-16-6-9-20-10-7-16/h1-7,9-10,18,24H,8,11-15H2,(H,21,25)/t18-/m1/s1. The molecule has 5 nitrogen and oxygen atoms in total. The van der Waals surface area contributed by atoms with Crippen molar-refractivity contribution in [3.63, 3.8) is 0 Å². The first-order valence-electron chi connectivity index (χ1n) is 8.61. The van der Waals surface area contributed by atoms with Crippen LogP contribution >= 0.6 is 12.2 Å². The fraction of sp³-hybridized carbons (Fsp3) is 0.368. The number of aliphatic hydroxyl groups is 1. The molecular formula is C19H24N4OS. The molecule has 2 heterocycles. The molecule has 25 heavy (non-hydrogen) atoms. The highest BCUT2D eigenvalue weighted by molar-refractivity contribution is 7.80. The van der Waals surface area contributed by atoms with Crippen LogP contribution in [0.15, 0.2) is 54.9 Å². The number of benzene rings is 1. The number of rotatable bonds is 5. The van der Waals surface area contributed by atoms with Crippen LogP contribution in [-0.2, 0) is 6.54 Å². The highest BCUT2D eigenvalue weighted by Gasteiger charge is 2.27. The monoisotopic (exact) mass is 356 g/mol. The Kier molecular flexibility index (Phi) is 6.33. The lowest BCUT2D eigenvalue weighted by molar-refractivity contribution is 0.0855. The summed E-state index contributed by atoms with van der Waals surface area (Å²) in [7, 11) is 0. The summed E-state index contributed by atoms with van der Waals surface area (Å²) in [5.74, 6) is 0. The van der Waals surface area contributed by atoms with E-state index < -0.39 is 0 Å². The molecule has 0 aliphatic carbocycles. The Morgan fingerprint density at radius 3 is 2.64 bits per heavy atom. The topological polar surface area (TPSA) is 51.6 Å². The van der Waals surface area contributed by atoms with E-state index in [2.05, 4.69) is 20.1 Å². The summed E-state index contributed by atoms with van der Waals surface area (Å²) < 4.78 is 0. The third-order valence-corrected chi connectivity index (χ3v) is 4.87. The highest BCUT2D eigenvalue weighted by Crippen LogP contribution is 2.17. The quantitative estimate of drug-likeness (QED) is 0.802. The zero-order chi connectivity index (χ0) is 17.5. The van der Waals surface area contributed by atoms with Crippen molar-refractivity contribution >= 4 is 23.0 Å². The van der Waals surface area contributed by atoms with E-state index in [-0.39, 0.29) is 12.6 Å². The Morgan fingerprint density at radius 2 is 1.92 bits per heavy atom. The van der Waals surface area contributed by atoms with Gasteiger partial charge < -0.3 is 15.3 Å². The molecule has 0 saturated carbocycles. The summed E-state index contributed by atoms with van der Waals surface area (Å²) >= 11 is 5.59. The molecule has 0 amide bonds. The highest BCUT2D eigenvalue weighted by atomic mass is 32.1. The first kappa shape index (κ1) is 17.8. The molecule has 1 fully saturated rings. The summed E-state index contributed by atoms with van der Waals surface area (Å²) in [4.78, 5) is 8.70. The van der Waals surface area contributed by atoms with Gasteiger partial charge in [0.05, 0.1) is 0 Å². The van der Waals surface area contributed by atoms with Crippen LogP contribution in [0, 0.1) is 0 Å². The molecule has 0 spiro atoms. The average Bonchev–Trinajstić information content (AvgIpc) is 2.65. The number of hydrogen-bond donors (Lipinski definition) is 2. The minimum absolute atomic E-state index is 0.185. The van der Waals surface area contributed by atoms with E-state index in [1.54, 1.807) is 0 Å². The maximum Gasteiger partial charge on any atom is 0.173 e. The van der Waals surface area contributed by atoms with E-state index in [0.29, 0.717) is 0 Å². The summed E-state index contributed by atoms with van der Waals surface area (Å²) in [5.41, 5.74) is 2.25. The molecule has 6 heteroatoms. The zero-order valence-corrected chi connectivity index (χ0v) is 15.0. The molecule has 1 saturated heterocycles. The van der Waals surface area contributed by atoms with Crippen molar-refractivity contribution in [3.05, 3.63) is 60.4 Å². The Morgan fingerprint density at radius 1 is 1.16 bits per heavy atom. The van der Waals surface area contributed by atoms with Crippen LogP contribution in [0.4, 0.5) is 5.69 Å². The fourth-order valence-corrected chi connectivity index (χ4v) is 3.44. The average molecular weight is 356 g/mol. The number of para-hydroxylation sites is 1. The van der Waals surface area contributed by atoms with Crippen LogP contribution in [-0.4, -0.2) is 57.3 Å². The van der Waals surface area contributed by atoms with Gasteiger partial charge in [0.2, 0.25) is 0 Å². The van der Waals surface area contributed by atoms with Crippen molar-refractivity contribution in [1.82, 2.24) is 14.8 Å². The largest absolute Gasteiger partial charge is 0.396 e. The van der Waals surface area contributed by atoms with Gasteiger partial charge >= 0.3 is 0 Å². The van der Waals surface area contributed by atoms with Crippen molar-refractivity contribution < 1.29 is 5.11 Å². The molecule has 1 aromatic heterocycles. The van der Waals surface area contributed by atoms with Gasteiger partial charge in [-0.2, -0.15) is 0 Å². The number of anilines is 1. The predicted octanol–water partition coefficient (Wildman–Crippen LogP) is 2.35. The van der Waals surface area contributed by atoms with Crippen LogP contribution in [0.25, 0.3) is 0 Å². The molecular weight excluding hydrogens is 332 g/mol. The minimum Gasteiger partial charge on any atom is -0.396 e. The molecule has 1 aliphatic heterocycles. The Hall–Kier alpha value is -2.02. The second kappa shape index (κ2) is 8.89. The fourth-order valence-electron chi connectivity index (χ4n) is 3.16. The van der Waals surface area contributed by atoms with Gasteiger partial charge in [0, 0.05) is 56.9 Å². The third-order valence-electron chi connectivity index (χ3n) is 4.51. The first-order valence-corrected chi connectivity index (χ1v) is 9.02. The van der Waals surface area contributed by atoms with E-state index in [1.165, 1.54) is 5.56 Å². The van der Waals surface area contributed by atoms with E-state index >= 15 is 0 Å². The van der Waals surface area contributed by atoms with Crippen LogP contribution in [0.1, 0.15) is 12.0 Å². The third kappa shape index (κ3) is 4.98. The van der Waals surface area contributed by atoms with Gasteiger partial charge in [0.15, 0.2) is 5.11 Å². The van der Waals surface area contributed by atoms with Gasteiger partial charge in [0.1, 0.15) is 0 Å². The van der Waals surface area contributed by atoms with Gasteiger partial charge in [-0.1, -0.05) is 18.2 Å². The van der Waals surface area contributed by atoms with Crippen LogP contribution in [0.3, 0.4) is 0 Å². The van der Waals surface area contributed by atoms with Crippen molar-refractivity contribution in [3.8, 4) is 0 Å². The Bertz CT molecular complexity index is 668. The van der Waals surface area contributed by atoms with Gasteiger partial charge in [0.25, 0.3) is 0 Å². The van der Waals surface area contributed by atoms with Gasteiger partial charge in [-0.15, -0.1) is 0 Å². The maximum absolute atomic E-state index is 9.46. The second-order valence-electron chi connectivity index (χ2n) is 6.23. The van der Waals surface area contributed by atoms with Crippen molar-refractivity contribution in [2.75, 3.05) is 31.6 Å². The summed E-state index contributed by atoms with van der Waals surface area (Å²) in [5, 5.41) is 13.5. The lowest BCUT2D eigenvalue weighted by Gasteiger charge is -2.42. The Labute approximate surface area is 154 Å². The summed E-state index contributed by atoms with van der Waals surface area (Å²) in [6.45, 7) is 3.68.